The molecule has 1 unspecified atom stereocenters. The van der Waals surface area contributed by atoms with Crippen molar-refractivity contribution in [1.82, 2.24) is 20.0 Å². The molecule has 1 fully saturated rings. The normalized spacial score (nSPS) is 20.9. The van der Waals surface area contributed by atoms with E-state index in [0.29, 0.717) is 0 Å². The van der Waals surface area contributed by atoms with Crippen LogP contribution in [0.2, 0.25) is 0 Å². The molecule has 0 radical (unpaired) electrons. The molecule has 0 spiro atoms. The zero-order valence-electron chi connectivity index (χ0n) is 12.7. The van der Waals surface area contributed by atoms with Gasteiger partial charge >= 0.3 is 0 Å². The predicted octanol–water partition coefficient (Wildman–Crippen LogP) is 1.94. The molecule has 1 N–H and O–H groups in total. The molecule has 0 aliphatic carbocycles. The quantitative estimate of drug-likeness (QED) is 0.797. The Morgan fingerprint density at radius 2 is 2.32 bits per heavy atom. The average Bonchev–Trinajstić information content (AvgIpc) is 2.69. The molecule has 1 aromatic rings. The first-order chi connectivity index (χ1) is 9.19. The van der Waals surface area contributed by atoms with Crippen LogP contribution in [0.5, 0.6) is 0 Å². The topological polar surface area (TPSA) is 33.1 Å². The summed E-state index contributed by atoms with van der Waals surface area (Å²) in [4.78, 5) is 2.58. The van der Waals surface area contributed by atoms with E-state index in [1.807, 2.05) is 11.7 Å². The Morgan fingerprint density at radius 3 is 3.00 bits per heavy atom. The number of rotatable bonds is 6. The van der Waals surface area contributed by atoms with Gasteiger partial charge in [-0.2, -0.15) is 5.10 Å². The Hall–Kier alpha value is -0.870. The van der Waals surface area contributed by atoms with Gasteiger partial charge in [-0.25, -0.2) is 0 Å². The van der Waals surface area contributed by atoms with Crippen molar-refractivity contribution in [2.75, 3.05) is 26.2 Å². The van der Waals surface area contributed by atoms with Crippen molar-refractivity contribution in [2.45, 2.75) is 39.7 Å². The molecular weight excluding hydrogens is 236 g/mol. The zero-order chi connectivity index (χ0) is 13.7. The summed E-state index contributed by atoms with van der Waals surface area (Å²) in [5.74, 6) is 0.814. The van der Waals surface area contributed by atoms with E-state index in [2.05, 4.69) is 35.2 Å². The van der Waals surface area contributed by atoms with Crippen LogP contribution in [0.4, 0.5) is 0 Å². The maximum absolute atomic E-state index is 4.43. The van der Waals surface area contributed by atoms with Crippen molar-refractivity contribution in [3.63, 3.8) is 0 Å². The molecule has 108 valence electrons. The van der Waals surface area contributed by atoms with Gasteiger partial charge in [-0.15, -0.1) is 0 Å². The average molecular weight is 264 g/mol. The zero-order valence-corrected chi connectivity index (χ0v) is 12.7. The molecule has 2 rings (SSSR count). The first-order valence-corrected chi connectivity index (χ1v) is 7.61. The third-order valence-electron chi connectivity index (χ3n) is 3.95. The van der Waals surface area contributed by atoms with Crippen molar-refractivity contribution in [2.24, 2.45) is 13.0 Å². The highest BCUT2D eigenvalue weighted by molar-refractivity contribution is 5.08. The number of hydrogen-bond donors (Lipinski definition) is 1. The lowest BCUT2D eigenvalue weighted by molar-refractivity contribution is 0.162. The first kappa shape index (κ1) is 14.5. The molecule has 4 heteroatoms. The minimum absolute atomic E-state index is 0.814. The number of hydrogen-bond acceptors (Lipinski definition) is 3. The molecule has 0 saturated carbocycles. The van der Waals surface area contributed by atoms with Gasteiger partial charge in [-0.1, -0.05) is 6.92 Å². The summed E-state index contributed by atoms with van der Waals surface area (Å²) in [5, 5.41) is 7.99. The van der Waals surface area contributed by atoms with Gasteiger partial charge in [0.1, 0.15) is 0 Å². The fourth-order valence-electron chi connectivity index (χ4n) is 2.99. The van der Waals surface area contributed by atoms with Gasteiger partial charge in [-0.05, 0) is 57.8 Å². The SMILES string of the molecule is CCCNCC1CCCN(Cc2cc(C)nn2C)C1. The summed E-state index contributed by atoms with van der Waals surface area (Å²) in [6.45, 7) is 10.1. The predicted molar refractivity (Wildman–Crippen MR) is 79.1 cm³/mol. The van der Waals surface area contributed by atoms with Gasteiger partial charge in [0.25, 0.3) is 0 Å². The molecule has 1 aromatic heterocycles. The molecule has 1 aliphatic rings. The van der Waals surface area contributed by atoms with Gasteiger partial charge < -0.3 is 5.32 Å². The third-order valence-corrected chi connectivity index (χ3v) is 3.95. The molecule has 2 heterocycles. The molecule has 0 aromatic carbocycles. The highest BCUT2D eigenvalue weighted by Gasteiger charge is 2.20. The van der Waals surface area contributed by atoms with Crippen LogP contribution in [0, 0.1) is 12.8 Å². The Balaban J connectivity index is 1.82. The first-order valence-electron chi connectivity index (χ1n) is 7.61. The van der Waals surface area contributed by atoms with Gasteiger partial charge in [0, 0.05) is 20.1 Å². The Morgan fingerprint density at radius 1 is 1.47 bits per heavy atom. The van der Waals surface area contributed by atoms with Crippen LogP contribution in [0.1, 0.15) is 37.6 Å². The van der Waals surface area contributed by atoms with E-state index in [-0.39, 0.29) is 0 Å². The summed E-state index contributed by atoms with van der Waals surface area (Å²) in [6.07, 6.45) is 3.93. The van der Waals surface area contributed by atoms with Crippen molar-refractivity contribution in [3.8, 4) is 0 Å². The number of likely N-dealkylation sites (tertiary alicyclic amines) is 1. The van der Waals surface area contributed by atoms with E-state index in [1.54, 1.807) is 0 Å². The van der Waals surface area contributed by atoms with E-state index < -0.39 is 0 Å². The van der Waals surface area contributed by atoms with Gasteiger partial charge in [0.15, 0.2) is 0 Å². The molecule has 4 nitrogen and oxygen atoms in total. The Labute approximate surface area is 117 Å². The highest BCUT2D eigenvalue weighted by atomic mass is 15.3. The van der Waals surface area contributed by atoms with Gasteiger partial charge in [-0.3, -0.25) is 9.58 Å². The minimum Gasteiger partial charge on any atom is -0.316 e. The number of nitrogens with zero attached hydrogens (tertiary/aromatic N) is 3. The number of piperidine rings is 1. The van der Waals surface area contributed by atoms with Crippen LogP contribution >= 0.6 is 0 Å². The lowest BCUT2D eigenvalue weighted by Gasteiger charge is -2.32. The summed E-state index contributed by atoms with van der Waals surface area (Å²) in [5.41, 5.74) is 2.45. The number of nitrogens with one attached hydrogen (secondary N) is 1. The Bertz CT molecular complexity index is 385. The van der Waals surface area contributed by atoms with E-state index >= 15 is 0 Å². The molecule has 19 heavy (non-hydrogen) atoms. The van der Waals surface area contributed by atoms with Crippen LogP contribution in [-0.2, 0) is 13.6 Å². The lowest BCUT2D eigenvalue weighted by Crippen LogP contribution is -2.39. The number of aryl methyl sites for hydroxylation is 2. The monoisotopic (exact) mass is 264 g/mol. The second-order valence-electron chi connectivity index (χ2n) is 5.85. The smallest absolute Gasteiger partial charge is 0.0597 e. The maximum atomic E-state index is 4.43. The third kappa shape index (κ3) is 4.32. The second kappa shape index (κ2) is 7.06. The second-order valence-corrected chi connectivity index (χ2v) is 5.85. The molecule has 0 amide bonds. The van der Waals surface area contributed by atoms with Crippen molar-refractivity contribution in [1.29, 1.82) is 0 Å². The molecular formula is C15H28N4. The Kier molecular flexibility index (Phi) is 5.40. The fourth-order valence-corrected chi connectivity index (χ4v) is 2.99. The van der Waals surface area contributed by atoms with E-state index in [4.69, 9.17) is 0 Å². The molecule has 1 atom stereocenters. The highest BCUT2D eigenvalue weighted by Crippen LogP contribution is 2.18. The number of aromatic nitrogens is 2. The summed E-state index contributed by atoms with van der Waals surface area (Å²) in [7, 11) is 2.05. The van der Waals surface area contributed by atoms with E-state index in [0.717, 1.165) is 24.7 Å². The largest absolute Gasteiger partial charge is 0.316 e. The van der Waals surface area contributed by atoms with Crippen molar-refractivity contribution < 1.29 is 0 Å². The molecule has 1 aliphatic heterocycles. The van der Waals surface area contributed by atoms with Crippen molar-refractivity contribution >= 4 is 0 Å². The molecule has 1 saturated heterocycles. The van der Waals surface area contributed by atoms with Crippen LogP contribution in [0.15, 0.2) is 6.07 Å². The summed E-state index contributed by atoms with van der Waals surface area (Å²) < 4.78 is 2.02. The van der Waals surface area contributed by atoms with Crippen molar-refractivity contribution in [3.05, 3.63) is 17.5 Å². The van der Waals surface area contributed by atoms with Crippen LogP contribution in [-0.4, -0.2) is 40.9 Å². The standard InChI is InChI=1S/C15H28N4/c1-4-7-16-10-14-6-5-8-19(11-14)12-15-9-13(2)17-18(15)3/h9,14,16H,4-8,10-12H2,1-3H3. The maximum Gasteiger partial charge on any atom is 0.0597 e. The summed E-state index contributed by atoms with van der Waals surface area (Å²) in [6, 6.07) is 2.21. The van der Waals surface area contributed by atoms with Crippen LogP contribution < -0.4 is 5.32 Å². The summed E-state index contributed by atoms with van der Waals surface area (Å²) >= 11 is 0. The fraction of sp³-hybridized carbons (Fsp3) is 0.800. The van der Waals surface area contributed by atoms with E-state index in [9.17, 15) is 0 Å². The minimum atomic E-state index is 0.814. The van der Waals surface area contributed by atoms with Crippen LogP contribution in [0.25, 0.3) is 0 Å². The van der Waals surface area contributed by atoms with E-state index in [1.165, 1.54) is 44.6 Å². The lowest BCUT2D eigenvalue weighted by atomic mass is 9.98. The van der Waals surface area contributed by atoms with Crippen LogP contribution in [0.3, 0.4) is 0 Å². The van der Waals surface area contributed by atoms with Gasteiger partial charge in [0.05, 0.1) is 11.4 Å². The molecule has 0 bridgehead atoms. The van der Waals surface area contributed by atoms with Gasteiger partial charge in [0.2, 0.25) is 0 Å².